The number of piperidine rings is 1. The quantitative estimate of drug-likeness (QED) is 0.465. The van der Waals surface area contributed by atoms with Crippen LogP contribution in [-0.4, -0.2) is 40.6 Å². The molecular formula is C26H31N3O4. The number of rotatable bonds is 9. The van der Waals surface area contributed by atoms with Crippen molar-refractivity contribution < 1.29 is 18.8 Å². The van der Waals surface area contributed by atoms with Gasteiger partial charge in [0, 0.05) is 25.6 Å². The molecule has 2 aromatic carbocycles. The Morgan fingerprint density at radius 2 is 1.70 bits per heavy atom. The Morgan fingerprint density at radius 3 is 2.33 bits per heavy atom. The highest BCUT2D eigenvalue weighted by Gasteiger charge is 2.23. The molecule has 4 rings (SSSR count). The predicted octanol–water partition coefficient (Wildman–Crippen LogP) is 4.84. The third kappa shape index (κ3) is 6.34. The van der Waals surface area contributed by atoms with Crippen molar-refractivity contribution in [3.05, 3.63) is 71.4 Å². The van der Waals surface area contributed by atoms with Gasteiger partial charge in [-0.3, -0.25) is 4.79 Å². The van der Waals surface area contributed by atoms with Crippen molar-refractivity contribution in [1.29, 1.82) is 0 Å². The van der Waals surface area contributed by atoms with Gasteiger partial charge in [0.2, 0.25) is 11.7 Å². The lowest BCUT2D eigenvalue weighted by Crippen LogP contribution is -2.38. The lowest BCUT2D eigenvalue weighted by Gasteiger charge is -2.32. The number of ether oxygens (including phenoxy) is 2. The van der Waals surface area contributed by atoms with Gasteiger partial charge >= 0.3 is 0 Å². The molecule has 1 fully saturated rings. The molecule has 3 aromatic rings. The van der Waals surface area contributed by atoms with Crippen LogP contribution in [0.5, 0.6) is 11.5 Å². The highest BCUT2D eigenvalue weighted by Crippen LogP contribution is 2.25. The van der Waals surface area contributed by atoms with Crippen molar-refractivity contribution in [2.24, 2.45) is 5.92 Å². The van der Waals surface area contributed by atoms with Crippen molar-refractivity contribution in [1.82, 2.24) is 15.0 Å². The van der Waals surface area contributed by atoms with E-state index < -0.39 is 0 Å². The van der Waals surface area contributed by atoms with Gasteiger partial charge in [0.05, 0.1) is 6.61 Å². The number of aryl methyl sites for hydroxylation is 2. The van der Waals surface area contributed by atoms with Crippen LogP contribution in [0.1, 0.15) is 53.8 Å². The second kappa shape index (κ2) is 11.0. The van der Waals surface area contributed by atoms with Crippen LogP contribution in [-0.2, 0) is 13.0 Å². The Morgan fingerprint density at radius 1 is 1.03 bits per heavy atom. The van der Waals surface area contributed by atoms with E-state index in [4.69, 9.17) is 14.0 Å². The van der Waals surface area contributed by atoms with Gasteiger partial charge in [0.15, 0.2) is 6.61 Å². The number of likely N-dealkylation sites (tertiary alicyclic amines) is 1. The summed E-state index contributed by atoms with van der Waals surface area (Å²) < 4.78 is 16.1. The average molecular weight is 450 g/mol. The number of benzene rings is 2. The number of hydrogen-bond acceptors (Lipinski definition) is 6. The van der Waals surface area contributed by atoms with Gasteiger partial charge in [-0.1, -0.05) is 17.3 Å². The number of hydrogen-bond donors (Lipinski definition) is 0. The van der Waals surface area contributed by atoms with Crippen LogP contribution in [0.3, 0.4) is 0 Å². The van der Waals surface area contributed by atoms with E-state index in [2.05, 4.69) is 22.3 Å². The Kier molecular flexibility index (Phi) is 7.60. The monoisotopic (exact) mass is 449 g/mol. The SMILES string of the molecule is CCOc1ccc(CCC2CCN(C(=O)c3ccc(OCc4noc(C)n4)cc3)CC2)cc1. The summed E-state index contributed by atoms with van der Waals surface area (Å²) in [5, 5.41) is 3.81. The van der Waals surface area contributed by atoms with Crippen LogP contribution in [0.4, 0.5) is 0 Å². The summed E-state index contributed by atoms with van der Waals surface area (Å²) >= 11 is 0. The van der Waals surface area contributed by atoms with E-state index in [1.165, 1.54) is 5.56 Å². The molecule has 174 valence electrons. The summed E-state index contributed by atoms with van der Waals surface area (Å²) in [5.74, 6) is 3.34. The molecule has 1 saturated heterocycles. The normalized spacial score (nSPS) is 14.3. The van der Waals surface area contributed by atoms with Crippen LogP contribution in [0.15, 0.2) is 53.1 Å². The minimum atomic E-state index is 0.0836. The van der Waals surface area contributed by atoms with E-state index in [0.29, 0.717) is 35.6 Å². The van der Waals surface area contributed by atoms with E-state index in [1.54, 1.807) is 6.92 Å². The highest BCUT2D eigenvalue weighted by atomic mass is 16.5. The van der Waals surface area contributed by atoms with E-state index in [1.807, 2.05) is 48.2 Å². The standard InChI is InChI=1S/C26H31N3O4/c1-3-31-23-10-6-20(7-11-23)4-5-21-14-16-29(17-15-21)26(30)22-8-12-24(13-9-22)32-18-25-27-19(2)33-28-25/h6-13,21H,3-5,14-18H2,1-2H3. The summed E-state index contributed by atoms with van der Waals surface area (Å²) in [6, 6.07) is 15.6. The zero-order valence-electron chi connectivity index (χ0n) is 19.3. The Bertz CT molecular complexity index is 1020. The molecule has 0 spiro atoms. The molecule has 7 nitrogen and oxygen atoms in total. The van der Waals surface area contributed by atoms with Gasteiger partial charge in [0.1, 0.15) is 11.5 Å². The van der Waals surface area contributed by atoms with Crippen molar-refractivity contribution in [3.63, 3.8) is 0 Å². The Hall–Kier alpha value is -3.35. The number of amides is 1. The second-order valence-electron chi connectivity index (χ2n) is 8.39. The maximum absolute atomic E-state index is 12.9. The van der Waals surface area contributed by atoms with Gasteiger partial charge in [-0.25, -0.2) is 0 Å². The molecule has 33 heavy (non-hydrogen) atoms. The number of nitrogens with zero attached hydrogens (tertiary/aromatic N) is 3. The molecule has 1 aliphatic heterocycles. The van der Waals surface area contributed by atoms with Crippen LogP contribution in [0.2, 0.25) is 0 Å². The van der Waals surface area contributed by atoms with E-state index in [9.17, 15) is 4.79 Å². The van der Waals surface area contributed by atoms with Crippen LogP contribution in [0, 0.1) is 12.8 Å². The summed E-state index contributed by atoms with van der Waals surface area (Å²) in [5.41, 5.74) is 2.03. The molecule has 1 amide bonds. The van der Waals surface area contributed by atoms with E-state index >= 15 is 0 Å². The third-order valence-corrected chi connectivity index (χ3v) is 6.02. The van der Waals surface area contributed by atoms with Crippen LogP contribution in [0.25, 0.3) is 0 Å². The molecule has 1 aromatic heterocycles. The zero-order chi connectivity index (χ0) is 23.0. The number of carbonyl (C=O) groups excluding carboxylic acids is 1. The fourth-order valence-corrected chi connectivity index (χ4v) is 4.14. The molecule has 1 aliphatic rings. The van der Waals surface area contributed by atoms with Crippen molar-refractivity contribution >= 4 is 5.91 Å². The Labute approximate surface area is 194 Å². The highest BCUT2D eigenvalue weighted by molar-refractivity contribution is 5.94. The molecule has 0 saturated carbocycles. The molecule has 0 aliphatic carbocycles. The predicted molar refractivity (Wildman–Crippen MR) is 124 cm³/mol. The topological polar surface area (TPSA) is 77.7 Å². The van der Waals surface area contributed by atoms with Crippen LogP contribution >= 0.6 is 0 Å². The van der Waals surface area contributed by atoms with Crippen molar-refractivity contribution in [2.75, 3.05) is 19.7 Å². The van der Waals surface area contributed by atoms with Crippen LogP contribution < -0.4 is 9.47 Å². The zero-order valence-corrected chi connectivity index (χ0v) is 19.3. The molecule has 7 heteroatoms. The fourth-order valence-electron chi connectivity index (χ4n) is 4.14. The van der Waals surface area contributed by atoms with Gasteiger partial charge in [-0.2, -0.15) is 4.98 Å². The summed E-state index contributed by atoms with van der Waals surface area (Å²) in [6.07, 6.45) is 4.32. The first-order valence-corrected chi connectivity index (χ1v) is 11.6. The minimum Gasteiger partial charge on any atom is -0.494 e. The fraction of sp³-hybridized carbons (Fsp3) is 0.423. The molecule has 0 bridgehead atoms. The van der Waals surface area contributed by atoms with Gasteiger partial charge < -0.3 is 18.9 Å². The number of aromatic nitrogens is 2. The Balaban J connectivity index is 1.20. The van der Waals surface area contributed by atoms with Gasteiger partial charge in [0.25, 0.3) is 5.91 Å². The first kappa shape index (κ1) is 22.8. The maximum Gasteiger partial charge on any atom is 0.253 e. The maximum atomic E-state index is 12.9. The third-order valence-electron chi connectivity index (χ3n) is 6.02. The number of carbonyl (C=O) groups is 1. The van der Waals surface area contributed by atoms with E-state index in [0.717, 1.165) is 44.5 Å². The molecular weight excluding hydrogens is 418 g/mol. The summed E-state index contributed by atoms with van der Waals surface area (Å²) in [6.45, 7) is 6.27. The van der Waals surface area contributed by atoms with Crippen molar-refractivity contribution in [2.45, 2.75) is 46.1 Å². The van der Waals surface area contributed by atoms with E-state index in [-0.39, 0.29) is 12.5 Å². The molecule has 2 heterocycles. The average Bonchev–Trinajstić information content (AvgIpc) is 3.28. The van der Waals surface area contributed by atoms with Gasteiger partial charge in [-0.15, -0.1) is 0 Å². The van der Waals surface area contributed by atoms with Gasteiger partial charge in [-0.05, 0) is 80.5 Å². The lowest BCUT2D eigenvalue weighted by molar-refractivity contribution is 0.0687. The molecule has 0 N–H and O–H groups in total. The first-order chi connectivity index (χ1) is 16.1. The first-order valence-electron chi connectivity index (χ1n) is 11.6. The lowest BCUT2D eigenvalue weighted by atomic mass is 9.90. The second-order valence-corrected chi connectivity index (χ2v) is 8.39. The molecule has 0 atom stereocenters. The summed E-state index contributed by atoms with van der Waals surface area (Å²) in [4.78, 5) is 19.0. The van der Waals surface area contributed by atoms with Crippen molar-refractivity contribution in [3.8, 4) is 11.5 Å². The molecule has 0 radical (unpaired) electrons. The molecule has 0 unspecified atom stereocenters. The smallest absolute Gasteiger partial charge is 0.253 e. The largest absolute Gasteiger partial charge is 0.494 e. The minimum absolute atomic E-state index is 0.0836. The summed E-state index contributed by atoms with van der Waals surface area (Å²) in [7, 11) is 0.